The topological polar surface area (TPSA) is 72.5 Å². The number of aliphatic carboxylic acids is 1. The summed E-state index contributed by atoms with van der Waals surface area (Å²) in [6, 6.07) is 22.4. The van der Waals surface area contributed by atoms with E-state index >= 15 is 0 Å². The van der Waals surface area contributed by atoms with Crippen LogP contribution in [0.1, 0.15) is 17.2 Å². The summed E-state index contributed by atoms with van der Waals surface area (Å²) < 4.78 is 5.71. The Morgan fingerprint density at radius 2 is 1.68 bits per heavy atom. The van der Waals surface area contributed by atoms with E-state index in [9.17, 15) is 9.90 Å². The Morgan fingerprint density at radius 1 is 0.960 bits per heavy atom. The van der Waals surface area contributed by atoms with Crippen molar-refractivity contribution in [3.63, 3.8) is 0 Å². The van der Waals surface area contributed by atoms with E-state index in [1.54, 1.807) is 18.2 Å². The summed E-state index contributed by atoms with van der Waals surface area (Å²) in [6.45, 7) is 1.91. The molecule has 0 saturated carbocycles. The summed E-state index contributed by atoms with van der Waals surface area (Å²) in [6.07, 6.45) is -1.13. The third-order valence-electron chi connectivity index (χ3n) is 3.93. The molecule has 0 radical (unpaired) electrons. The first-order valence-corrected chi connectivity index (χ1v) is 7.95. The number of benzene rings is 3. The lowest BCUT2D eigenvalue weighted by Crippen LogP contribution is -2.18. The van der Waals surface area contributed by atoms with E-state index in [4.69, 9.17) is 10.5 Å². The van der Waals surface area contributed by atoms with Gasteiger partial charge in [-0.3, -0.25) is 0 Å². The molecular formula is C21H19NO3. The number of rotatable bonds is 5. The summed E-state index contributed by atoms with van der Waals surface area (Å²) in [5.74, 6) is -0.701. The summed E-state index contributed by atoms with van der Waals surface area (Å²) in [7, 11) is 0. The van der Waals surface area contributed by atoms with Crippen molar-refractivity contribution in [2.75, 3.05) is 5.73 Å². The fourth-order valence-corrected chi connectivity index (χ4v) is 2.68. The van der Waals surface area contributed by atoms with Crippen LogP contribution in [0.3, 0.4) is 0 Å². The average Bonchev–Trinajstić information content (AvgIpc) is 2.61. The molecular weight excluding hydrogens is 314 g/mol. The molecule has 3 aromatic rings. The van der Waals surface area contributed by atoms with Crippen LogP contribution in [-0.2, 0) is 4.79 Å². The second kappa shape index (κ2) is 7.09. The Morgan fingerprint density at radius 3 is 2.36 bits per heavy atom. The summed E-state index contributed by atoms with van der Waals surface area (Å²) in [5.41, 5.74) is 9.88. The number of hydrogen-bond donors (Lipinski definition) is 2. The number of anilines is 1. The molecule has 0 aromatic heterocycles. The van der Waals surface area contributed by atoms with Gasteiger partial charge >= 0.3 is 5.97 Å². The molecule has 4 heteroatoms. The van der Waals surface area contributed by atoms with Crippen LogP contribution in [0, 0.1) is 6.92 Å². The lowest BCUT2D eigenvalue weighted by Gasteiger charge is -2.18. The Hall–Kier alpha value is -3.27. The fourth-order valence-electron chi connectivity index (χ4n) is 2.68. The van der Waals surface area contributed by atoms with Gasteiger partial charge in [0.05, 0.1) is 5.69 Å². The fraction of sp³-hybridized carbons (Fsp3) is 0.0952. The quantitative estimate of drug-likeness (QED) is 0.677. The number of nitrogens with two attached hydrogens (primary N) is 1. The van der Waals surface area contributed by atoms with Gasteiger partial charge in [0.1, 0.15) is 5.75 Å². The molecule has 126 valence electrons. The Kier molecular flexibility index (Phi) is 4.70. The van der Waals surface area contributed by atoms with E-state index in [1.807, 2.05) is 61.5 Å². The van der Waals surface area contributed by atoms with Gasteiger partial charge in [-0.2, -0.15) is 0 Å². The molecule has 3 rings (SSSR count). The SMILES string of the molecule is Cc1ccc(OC(C(=O)O)c2cccc(-c3ccccc3)c2)c(N)c1. The Balaban J connectivity index is 1.95. The minimum Gasteiger partial charge on any atom is -0.478 e. The number of hydrogen-bond acceptors (Lipinski definition) is 3. The van der Waals surface area contributed by atoms with Crippen molar-refractivity contribution in [2.24, 2.45) is 0 Å². The smallest absolute Gasteiger partial charge is 0.349 e. The molecule has 0 aliphatic heterocycles. The third kappa shape index (κ3) is 3.80. The standard InChI is InChI=1S/C21H19NO3/c1-14-10-11-19(18(22)12-14)25-20(21(23)24)17-9-5-8-16(13-17)15-6-3-2-4-7-15/h2-13,20H,22H2,1H3,(H,23,24). The lowest BCUT2D eigenvalue weighted by molar-refractivity contribution is -0.145. The molecule has 4 nitrogen and oxygen atoms in total. The first-order chi connectivity index (χ1) is 12.0. The highest BCUT2D eigenvalue weighted by atomic mass is 16.5. The number of ether oxygens (including phenoxy) is 1. The second-order valence-corrected chi connectivity index (χ2v) is 5.87. The van der Waals surface area contributed by atoms with Crippen LogP contribution in [0.15, 0.2) is 72.8 Å². The number of nitrogen functional groups attached to an aromatic ring is 1. The summed E-state index contributed by atoms with van der Waals surface area (Å²) in [4.78, 5) is 11.8. The normalized spacial score (nSPS) is 11.7. The van der Waals surface area contributed by atoms with Crippen LogP contribution >= 0.6 is 0 Å². The van der Waals surface area contributed by atoms with Crippen molar-refractivity contribution in [1.29, 1.82) is 0 Å². The van der Waals surface area contributed by atoms with Crippen LogP contribution in [0.25, 0.3) is 11.1 Å². The first-order valence-electron chi connectivity index (χ1n) is 7.95. The van der Waals surface area contributed by atoms with Crippen LogP contribution in [0.2, 0.25) is 0 Å². The summed E-state index contributed by atoms with van der Waals surface area (Å²) in [5, 5.41) is 9.63. The molecule has 1 unspecified atom stereocenters. The van der Waals surface area contributed by atoms with Gasteiger partial charge < -0.3 is 15.6 Å². The Bertz CT molecular complexity index is 891. The molecule has 1 atom stereocenters. The van der Waals surface area contributed by atoms with Gasteiger partial charge in [-0.1, -0.05) is 54.6 Å². The molecule has 0 saturated heterocycles. The predicted octanol–water partition coefficient (Wildman–Crippen LogP) is 4.45. The van der Waals surface area contributed by atoms with Crippen molar-refractivity contribution in [3.8, 4) is 16.9 Å². The van der Waals surface area contributed by atoms with Gasteiger partial charge in [-0.15, -0.1) is 0 Å². The minimum absolute atomic E-state index is 0.364. The van der Waals surface area contributed by atoms with Crippen LogP contribution in [-0.4, -0.2) is 11.1 Å². The molecule has 0 aliphatic rings. The molecule has 3 N–H and O–H groups in total. The zero-order chi connectivity index (χ0) is 17.8. The van der Waals surface area contributed by atoms with Crippen molar-refractivity contribution in [2.45, 2.75) is 13.0 Å². The van der Waals surface area contributed by atoms with Crippen LogP contribution in [0.5, 0.6) is 5.75 Å². The molecule has 3 aromatic carbocycles. The molecule has 0 aliphatic carbocycles. The van der Waals surface area contributed by atoms with E-state index < -0.39 is 12.1 Å². The van der Waals surface area contributed by atoms with Gasteiger partial charge in [0.15, 0.2) is 0 Å². The van der Waals surface area contributed by atoms with Gasteiger partial charge in [0, 0.05) is 5.56 Å². The monoisotopic (exact) mass is 333 g/mol. The van der Waals surface area contributed by atoms with Gasteiger partial charge in [-0.25, -0.2) is 4.79 Å². The largest absolute Gasteiger partial charge is 0.478 e. The second-order valence-electron chi connectivity index (χ2n) is 5.87. The van der Waals surface area contributed by atoms with E-state index in [1.165, 1.54) is 0 Å². The minimum atomic E-state index is -1.13. The lowest BCUT2D eigenvalue weighted by atomic mass is 10.0. The number of carbonyl (C=O) groups is 1. The van der Waals surface area contributed by atoms with Crippen LogP contribution < -0.4 is 10.5 Å². The third-order valence-corrected chi connectivity index (χ3v) is 3.93. The van der Waals surface area contributed by atoms with Crippen molar-refractivity contribution < 1.29 is 14.6 Å². The highest BCUT2D eigenvalue weighted by molar-refractivity contribution is 5.76. The predicted molar refractivity (Wildman–Crippen MR) is 98.5 cm³/mol. The molecule has 0 heterocycles. The molecule has 0 fully saturated rings. The number of aryl methyl sites for hydroxylation is 1. The number of carboxylic acid groups (broad SMARTS) is 1. The number of carboxylic acids is 1. The Labute approximate surface area is 146 Å². The van der Waals surface area contributed by atoms with E-state index in [0.29, 0.717) is 17.0 Å². The zero-order valence-electron chi connectivity index (χ0n) is 13.8. The highest BCUT2D eigenvalue weighted by Crippen LogP contribution is 2.30. The van der Waals surface area contributed by atoms with Crippen molar-refractivity contribution in [3.05, 3.63) is 83.9 Å². The van der Waals surface area contributed by atoms with Crippen LogP contribution in [0.4, 0.5) is 5.69 Å². The van der Waals surface area contributed by atoms with E-state index in [2.05, 4.69) is 0 Å². The summed E-state index contributed by atoms with van der Waals surface area (Å²) >= 11 is 0. The maximum atomic E-state index is 11.8. The van der Waals surface area contributed by atoms with Gasteiger partial charge in [0.25, 0.3) is 0 Å². The van der Waals surface area contributed by atoms with Crippen molar-refractivity contribution in [1.82, 2.24) is 0 Å². The average molecular weight is 333 g/mol. The zero-order valence-corrected chi connectivity index (χ0v) is 13.8. The van der Waals surface area contributed by atoms with Crippen molar-refractivity contribution >= 4 is 11.7 Å². The van der Waals surface area contributed by atoms with E-state index in [-0.39, 0.29) is 0 Å². The molecule has 0 spiro atoms. The highest BCUT2D eigenvalue weighted by Gasteiger charge is 2.23. The maximum Gasteiger partial charge on any atom is 0.349 e. The molecule has 0 bridgehead atoms. The molecule has 25 heavy (non-hydrogen) atoms. The molecule has 0 amide bonds. The van der Waals surface area contributed by atoms with E-state index in [0.717, 1.165) is 16.7 Å². The van der Waals surface area contributed by atoms with Gasteiger partial charge in [-0.05, 0) is 41.8 Å². The maximum absolute atomic E-state index is 11.8. The first kappa shape index (κ1) is 16.6. The van der Waals surface area contributed by atoms with Gasteiger partial charge in [0.2, 0.25) is 6.10 Å².